The van der Waals surface area contributed by atoms with E-state index in [0.29, 0.717) is 12.8 Å². The van der Waals surface area contributed by atoms with Crippen molar-refractivity contribution in [2.24, 2.45) is 5.92 Å². The summed E-state index contributed by atoms with van der Waals surface area (Å²) in [7, 11) is -6.39. The average molecular weight is 317 g/mol. The molecule has 1 aromatic rings. The van der Waals surface area contributed by atoms with Crippen LogP contribution in [0, 0.1) is 12.8 Å². The number of aryl methyl sites for hydroxylation is 1. The number of benzene rings is 1. The summed E-state index contributed by atoms with van der Waals surface area (Å²) in [6, 6.07) is 6.63. The summed E-state index contributed by atoms with van der Waals surface area (Å²) >= 11 is 0. The van der Waals surface area contributed by atoms with Crippen molar-refractivity contribution < 1.29 is 16.8 Å². The van der Waals surface area contributed by atoms with Crippen molar-refractivity contribution in [3.05, 3.63) is 29.8 Å². The van der Waals surface area contributed by atoms with E-state index in [1.807, 2.05) is 6.92 Å². The monoisotopic (exact) mass is 317 g/mol. The number of hydrogen-bond acceptors (Lipinski definition) is 4. The molecule has 112 valence electrons. The molecule has 1 unspecified atom stereocenters. The van der Waals surface area contributed by atoms with Gasteiger partial charge in [-0.15, -0.1) is 0 Å². The Labute approximate surface area is 120 Å². The number of nitrogens with one attached hydrogen (secondary N) is 1. The molecule has 7 heteroatoms. The first-order valence-electron chi connectivity index (χ1n) is 6.55. The lowest BCUT2D eigenvalue weighted by molar-refractivity contribution is 0.527. The van der Waals surface area contributed by atoms with Gasteiger partial charge in [-0.05, 0) is 37.8 Å². The Morgan fingerprint density at radius 2 is 1.90 bits per heavy atom. The predicted molar refractivity (Wildman–Crippen MR) is 77.7 cm³/mol. The minimum atomic E-state index is -3.50. The van der Waals surface area contributed by atoms with Crippen LogP contribution in [0.1, 0.15) is 18.4 Å². The number of sulfonamides is 1. The predicted octanol–water partition coefficient (Wildman–Crippen LogP) is 1.10. The van der Waals surface area contributed by atoms with Crippen LogP contribution in [-0.2, 0) is 19.9 Å². The molecule has 1 aliphatic rings. The van der Waals surface area contributed by atoms with E-state index in [1.165, 1.54) is 0 Å². The highest BCUT2D eigenvalue weighted by Crippen LogP contribution is 2.21. The number of rotatable bonds is 5. The van der Waals surface area contributed by atoms with Gasteiger partial charge in [0.25, 0.3) is 0 Å². The third kappa shape index (κ3) is 4.04. The van der Waals surface area contributed by atoms with Gasteiger partial charge in [0, 0.05) is 6.54 Å². The van der Waals surface area contributed by atoms with Crippen LogP contribution in [0.15, 0.2) is 29.2 Å². The molecule has 0 aromatic heterocycles. The molecule has 0 saturated carbocycles. The van der Waals surface area contributed by atoms with E-state index in [0.717, 1.165) is 5.56 Å². The molecule has 2 rings (SSSR count). The molecule has 1 heterocycles. The smallest absolute Gasteiger partial charge is 0.229 e. The zero-order valence-electron chi connectivity index (χ0n) is 11.4. The standard InChI is InChI=1S/C13H19NO4S2/c1-11-2-4-13(5-3-11)20(17,18)14-8-6-12-7-9-19(15,16)10-12/h2-5,12,14H,6-10H2,1H3. The van der Waals surface area contributed by atoms with Crippen molar-refractivity contribution in [1.29, 1.82) is 0 Å². The van der Waals surface area contributed by atoms with Crippen molar-refractivity contribution in [2.45, 2.75) is 24.7 Å². The molecule has 0 amide bonds. The van der Waals surface area contributed by atoms with Crippen LogP contribution in [-0.4, -0.2) is 34.9 Å². The van der Waals surface area contributed by atoms with Gasteiger partial charge in [-0.1, -0.05) is 17.7 Å². The highest BCUT2D eigenvalue weighted by atomic mass is 32.2. The van der Waals surface area contributed by atoms with Crippen molar-refractivity contribution in [2.75, 3.05) is 18.1 Å². The van der Waals surface area contributed by atoms with Crippen molar-refractivity contribution in [1.82, 2.24) is 4.72 Å². The zero-order valence-corrected chi connectivity index (χ0v) is 13.0. The van der Waals surface area contributed by atoms with Gasteiger partial charge in [0.1, 0.15) is 0 Å². The summed E-state index contributed by atoms with van der Waals surface area (Å²) < 4.78 is 49.2. The van der Waals surface area contributed by atoms with Crippen LogP contribution in [0.5, 0.6) is 0 Å². The molecule has 0 aliphatic carbocycles. The van der Waals surface area contributed by atoms with E-state index in [2.05, 4.69) is 4.72 Å². The lowest BCUT2D eigenvalue weighted by atomic mass is 10.1. The van der Waals surface area contributed by atoms with Gasteiger partial charge in [0.05, 0.1) is 16.4 Å². The Bertz CT molecular complexity index is 663. The van der Waals surface area contributed by atoms with E-state index >= 15 is 0 Å². The normalized spacial score (nSPS) is 21.9. The van der Waals surface area contributed by atoms with E-state index in [9.17, 15) is 16.8 Å². The summed E-state index contributed by atoms with van der Waals surface area (Å²) in [6.45, 7) is 2.17. The number of sulfone groups is 1. The second-order valence-corrected chi connectivity index (χ2v) is 9.26. The van der Waals surface area contributed by atoms with Gasteiger partial charge in [0.15, 0.2) is 9.84 Å². The maximum atomic E-state index is 12.0. The Balaban J connectivity index is 1.89. The van der Waals surface area contributed by atoms with E-state index in [4.69, 9.17) is 0 Å². The summed E-state index contributed by atoms with van der Waals surface area (Å²) in [4.78, 5) is 0.238. The van der Waals surface area contributed by atoms with Crippen LogP contribution in [0.25, 0.3) is 0 Å². The molecule has 5 nitrogen and oxygen atoms in total. The fourth-order valence-electron chi connectivity index (χ4n) is 2.30. The third-order valence-corrected chi connectivity index (χ3v) is 6.82. The summed E-state index contributed by atoms with van der Waals surface area (Å²) in [5.74, 6) is 0.475. The summed E-state index contributed by atoms with van der Waals surface area (Å²) in [6.07, 6.45) is 1.19. The van der Waals surface area contributed by atoms with Crippen LogP contribution < -0.4 is 4.72 Å². The molecule has 1 fully saturated rings. The van der Waals surface area contributed by atoms with Crippen LogP contribution >= 0.6 is 0 Å². The molecule has 1 N–H and O–H groups in total. The summed E-state index contributed by atoms with van der Waals surface area (Å²) in [5, 5.41) is 0. The van der Waals surface area contributed by atoms with Crippen LogP contribution in [0.3, 0.4) is 0 Å². The van der Waals surface area contributed by atoms with Crippen molar-refractivity contribution in [3.8, 4) is 0 Å². The maximum Gasteiger partial charge on any atom is 0.240 e. The molecule has 0 radical (unpaired) electrons. The first-order valence-corrected chi connectivity index (χ1v) is 9.86. The highest BCUT2D eigenvalue weighted by molar-refractivity contribution is 7.91. The van der Waals surface area contributed by atoms with Crippen molar-refractivity contribution >= 4 is 19.9 Å². The quantitative estimate of drug-likeness (QED) is 0.882. The maximum absolute atomic E-state index is 12.0. The van der Waals surface area contributed by atoms with Gasteiger partial charge in [0.2, 0.25) is 10.0 Å². The Hall–Kier alpha value is -0.920. The van der Waals surface area contributed by atoms with Gasteiger partial charge in [-0.3, -0.25) is 0 Å². The van der Waals surface area contributed by atoms with Gasteiger partial charge < -0.3 is 0 Å². The van der Waals surface area contributed by atoms with Crippen LogP contribution in [0.2, 0.25) is 0 Å². The van der Waals surface area contributed by atoms with E-state index in [-0.39, 0.29) is 28.9 Å². The molecule has 1 saturated heterocycles. The molecule has 1 aromatic carbocycles. The minimum absolute atomic E-state index is 0.0701. The van der Waals surface area contributed by atoms with Crippen molar-refractivity contribution in [3.63, 3.8) is 0 Å². The highest BCUT2D eigenvalue weighted by Gasteiger charge is 2.27. The third-order valence-electron chi connectivity index (χ3n) is 3.50. The Kier molecular flexibility index (Phi) is 4.51. The topological polar surface area (TPSA) is 80.3 Å². The zero-order chi connectivity index (χ0) is 14.8. The minimum Gasteiger partial charge on any atom is -0.229 e. The lowest BCUT2D eigenvalue weighted by Crippen LogP contribution is -2.26. The molecule has 1 atom stereocenters. The van der Waals surface area contributed by atoms with Crippen LogP contribution in [0.4, 0.5) is 0 Å². The van der Waals surface area contributed by atoms with E-state index in [1.54, 1.807) is 24.3 Å². The molecular formula is C13H19NO4S2. The Morgan fingerprint density at radius 1 is 1.25 bits per heavy atom. The van der Waals surface area contributed by atoms with Gasteiger partial charge in [-0.2, -0.15) is 0 Å². The first kappa shape index (κ1) is 15.5. The fourth-order valence-corrected chi connectivity index (χ4v) is 5.26. The van der Waals surface area contributed by atoms with Gasteiger partial charge in [-0.25, -0.2) is 21.6 Å². The molecule has 20 heavy (non-hydrogen) atoms. The second kappa shape index (κ2) is 5.83. The largest absolute Gasteiger partial charge is 0.240 e. The lowest BCUT2D eigenvalue weighted by Gasteiger charge is -2.09. The first-order chi connectivity index (χ1) is 9.28. The Morgan fingerprint density at radius 3 is 2.45 bits per heavy atom. The molecule has 0 spiro atoms. The van der Waals surface area contributed by atoms with Gasteiger partial charge >= 0.3 is 0 Å². The molecule has 0 bridgehead atoms. The fraction of sp³-hybridized carbons (Fsp3) is 0.538. The average Bonchev–Trinajstić information content (AvgIpc) is 2.69. The molecule has 1 aliphatic heterocycles. The summed E-state index contributed by atoms with van der Waals surface area (Å²) in [5.41, 5.74) is 1.00. The SMILES string of the molecule is Cc1ccc(S(=O)(=O)NCCC2CCS(=O)(=O)C2)cc1. The second-order valence-electron chi connectivity index (χ2n) is 5.27. The molecular weight excluding hydrogens is 298 g/mol. The van der Waals surface area contributed by atoms with E-state index < -0.39 is 19.9 Å². The number of hydrogen-bond donors (Lipinski definition) is 1.